The lowest BCUT2D eigenvalue weighted by molar-refractivity contribution is 0.104. The number of nitrogens with zero attached hydrogens (tertiary/aromatic N) is 2. The first-order chi connectivity index (χ1) is 16.2. The Labute approximate surface area is 201 Å². The van der Waals surface area contributed by atoms with E-state index < -0.39 is 5.82 Å². The Morgan fingerprint density at radius 2 is 1.85 bits per heavy atom. The number of phenols is 1. The van der Waals surface area contributed by atoms with Crippen molar-refractivity contribution in [1.82, 2.24) is 4.98 Å². The number of hydrazone groups is 1. The summed E-state index contributed by atoms with van der Waals surface area (Å²) in [7, 11) is 0. The molecule has 1 aromatic heterocycles. The lowest BCUT2D eigenvalue weighted by Gasteiger charge is -2.22. The first kappa shape index (κ1) is 23.3. The molecule has 2 N–H and O–H groups in total. The van der Waals surface area contributed by atoms with Crippen molar-refractivity contribution < 1.29 is 14.3 Å². The van der Waals surface area contributed by atoms with E-state index in [0.717, 1.165) is 21.3 Å². The van der Waals surface area contributed by atoms with Crippen LogP contribution in [0.5, 0.6) is 5.75 Å². The second-order valence-electron chi connectivity index (χ2n) is 8.82. The molecule has 5 nitrogen and oxygen atoms in total. The molecule has 7 heteroatoms. The number of halogens is 1. The molecule has 4 rings (SSSR count). The highest BCUT2D eigenvalue weighted by Gasteiger charge is 2.20. The molecule has 34 heavy (non-hydrogen) atoms. The number of hydrogen-bond donors (Lipinski definition) is 2. The number of benzene rings is 3. The number of anilines is 1. The average Bonchev–Trinajstić information content (AvgIpc) is 3.21. The maximum atomic E-state index is 13.1. The Morgan fingerprint density at radius 3 is 2.56 bits per heavy atom. The molecular weight excluding hydrogens is 449 g/mol. The number of rotatable bonds is 6. The predicted octanol–water partition coefficient (Wildman–Crippen LogP) is 6.78. The fraction of sp³-hybridized carbons (Fsp3) is 0.148. The van der Waals surface area contributed by atoms with Crippen molar-refractivity contribution in [2.75, 3.05) is 5.43 Å². The number of carbonyl (C=O) groups is 1. The molecule has 0 saturated heterocycles. The minimum Gasteiger partial charge on any atom is -0.507 e. The molecule has 0 atom stereocenters. The molecule has 0 saturated carbocycles. The van der Waals surface area contributed by atoms with Gasteiger partial charge in [0.05, 0.1) is 16.4 Å². The van der Waals surface area contributed by atoms with Gasteiger partial charge in [-0.3, -0.25) is 10.2 Å². The van der Waals surface area contributed by atoms with E-state index in [0.29, 0.717) is 16.3 Å². The van der Waals surface area contributed by atoms with Gasteiger partial charge in [-0.2, -0.15) is 5.10 Å². The molecule has 172 valence electrons. The van der Waals surface area contributed by atoms with Crippen LogP contribution in [0.3, 0.4) is 0 Å². The summed E-state index contributed by atoms with van der Waals surface area (Å²) in [6, 6.07) is 16.8. The summed E-state index contributed by atoms with van der Waals surface area (Å²) in [5.41, 5.74) is 5.87. The van der Waals surface area contributed by atoms with E-state index in [1.54, 1.807) is 18.4 Å². The van der Waals surface area contributed by atoms with Gasteiger partial charge < -0.3 is 5.11 Å². The zero-order chi connectivity index (χ0) is 24.3. The van der Waals surface area contributed by atoms with Crippen LogP contribution in [0.25, 0.3) is 16.3 Å². The fourth-order valence-electron chi connectivity index (χ4n) is 3.41. The molecule has 0 amide bonds. The number of phenolic OH excluding ortho intramolecular Hbond substituents is 1. The maximum Gasteiger partial charge on any atom is 0.204 e. The summed E-state index contributed by atoms with van der Waals surface area (Å²) in [4.78, 5) is 17.0. The number of fused-ring (bicyclic) bond motifs is 1. The zero-order valence-corrected chi connectivity index (χ0v) is 19.9. The zero-order valence-electron chi connectivity index (χ0n) is 19.0. The molecule has 0 fully saturated rings. The quantitative estimate of drug-likeness (QED) is 0.140. The van der Waals surface area contributed by atoms with Crippen molar-refractivity contribution in [3.63, 3.8) is 0 Å². The molecule has 0 aliphatic heterocycles. The monoisotopic (exact) mass is 473 g/mol. The third-order valence-electron chi connectivity index (χ3n) is 5.18. The summed E-state index contributed by atoms with van der Waals surface area (Å²) in [5.74, 6) is -0.584. The normalized spacial score (nSPS) is 12.1. The minimum absolute atomic E-state index is 0.104. The number of hydrogen-bond acceptors (Lipinski definition) is 6. The Bertz CT molecular complexity index is 1370. The van der Waals surface area contributed by atoms with E-state index in [9.17, 15) is 14.3 Å². The highest BCUT2D eigenvalue weighted by atomic mass is 32.1. The molecule has 0 aliphatic carbocycles. The van der Waals surface area contributed by atoms with E-state index >= 15 is 0 Å². The van der Waals surface area contributed by atoms with Gasteiger partial charge >= 0.3 is 0 Å². The van der Waals surface area contributed by atoms with Gasteiger partial charge in [0, 0.05) is 16.7 Å². The Hall–Kier alpha value is -3.84. The summed E-state index contributed by atoms with van der Waals surface area (Å²) in [6.07, 6.45) is 4.59. The highest BCUT2D eigenvalue weighted by molar-refractivity contribution is 7.22. The number of aromatic hydroxyl groups is 1. The molecule has 0 unspecified atom stereocenters. The maximum absolute atomic E-state index is 13.1. The molecule has 0 bridgehead atoms. The SMILES string of the molecule is CC(C)(C)c1cc(/C=N/Nc2nc3ccccc3s2)cc(/C=C/C(=O)c2ccc(F)cc2)c1O. The van der Waals surface area contributed by atoms with Crippen LogP contribution in [0.15, 0.2) is 71.8 Å². The topological polar surface area (TPSA) is 74.6 Å². The summed E-state index contributed by atoms with van der Waals surface area (Å²) >= 11 is 1.51. The van der Waals surface area contributed by atoms with Gasteiger partial charge in [0.15, 0.2) is 5.78 Å². The molecule has 3 aromatic carbocycles. The van der Waals surface area contributed by atoms with Gasteiger partial charge in [-0.25, -0.2) is 9.37 Å². The standard InChI is InChI=1S/C27H24FN3O2S/c1-27(2,3)21-15-17(16-29-31-26-30-22-6-4-5-7-24(22)34-26)14-19(25(21)33)10-13-23(32)18-8-11-20(28)12-9-18/h4-16,33H,1-3H3,(H,30,31)/b13-10+,29-16+. The first-order valence-corrected chi connectivity index (χ1v) is 11.5. The molecule has 0 aliphatic rings. The van der Waals surface area contributed by atoms with E-state index in [1.807, 2.05) is 51.1 Å². The van der Waals surface area contributed by atoms with Crippen LogP contribution in [-0.4, -0.2) is 22.1 Å². The second-order valence-corrected chi connectivity index (χ2v) is 9.85. The van der Waals surface area contributed by atoms with Crippen LogP contribution in [0, 0.1) is 5.82 Å². The van der Waals surface area contributed by atoms with Crippen molar-refractivity contribution in [1.29, 1.82) is 0 Å². The van der Waals surface area contributed by atoms with Gasteiger partial charge in [-0.1, -0.05) is 44.2 Å². The largest absolute Gasteiger partial charge is 0.507 e. The number of nitrogens with one attached hydrogen (secondary N) is 1. The van der Waals surface area contributed by atoms with E-state index in [2.05, 4.69) is 15.5 Å². The van der Waals surface area contributed by atoms with Crippen molar-refractivity contribution in [3.05, 3.63) is 94.8 Å². The third kappa shape index (κ3) is 5.38. The minimum atomic E-state index is -0.403. The van der Waals surface area contributed by atoms with E-state index in [4.69, 9.17) is 0 Å². The van der Waals surface area contributed by atoms with Crippen LogP contribution < -0.4 is 5.43 Å². The van der Waals surface area contributed by atoms with E-state index in [-0.39, 0.29) is 16.9 Å². The summed E-state index contributed by atoms with van der Waals surface area (Å²) in [5, 5.41) is 15.9. The molecule has 0 spiro atoms. The number of allylic oxidation sites excluding steroid dienone is 1. The molecule has 1 heterocycles. The first-order valence-electron chi connectivity index (χ1n) is 10.7. The van der Waals surface area contributed by atoms with E-state index in [1.165, 1.54) is 41.7 Å². The van der Waals surface area contributed by atoms with Gasteiger partial charge in [0.2, 0.25) is 5.13 Å². The van der Waals surface area contributed by atoms with Crippen molar-refractivity contribution in [2.24, 2.45) is 5.10 Å². The fourth-order valence-corrected chi connectivity index (χ4v) is 4.23. The van der Waals surface area contributed by atoms with Gasteiger partial charge in [-0.05, 0) is 71.7 Å². The van der Waals surface area contributed by atoms with Gasteiger partial charge in [0.1, 0.15) is 11.6 Å². The van der Waals surface area contributed by atoms with Crippen LogP contribution in [0.2, 0.25) is 0 Å². The lowest BCUT2D eigenvalue weighted by atomic mass is 9.84. The second kappa shape index (κ2) is 9.57. The molecule has 4 aromatic rings. The van der Waals surface area contributed by atoms with Gasteiger partial charge in [-0.15, -0.1) is 0 Å². The van der Waals surface area contributed by atoms with Crippen molar-refractivity contribution in [3.8, 4) is 5.75 Å². The lowest BCUT2D eigenvalue weighted by Crippen LogP contribution is -2.12. The number of carbonyl (C=O) groups excluding carboxylic acids is 1. The van der Waals surface area contributed by atoms with Crippen LogP contribution >= 0.6 is 11.3 Å². The van der Waals surface area contributed by atoms with Crippen molar-refractivity contribution >= 4 is 44.8 Å². The predicted molar refractivity (Wildman–Crippen MR) is 137 cm³/mol. The molecule has 0 radical (unpaired) electrons. The number of para-hydroxylation sites is 1. The summed E-state index contributed by atoms with van der Waals surface area (Å²) < 4.78 is 14.2. The van der Waals surface area contributed by atoms with Crippen LogP contribution in [-0.2, 0) is 5.41 Å². The van der Waals surface area contributed by atoms with Crippen molar-refractivity contribution in [2.45, 2.75) is 26.2 Å². The van der Waals surface area contributed by atoms with Crippen LogP contribution in [0.1, 0.15) is 47.8 Å². The number of thiazole rings is 1. The van der Waals surface area contributed by atoms with Gasteiger partial charge in [0.25, 0.3) is 0 Å². The van der Waals surface area contributed by atoms with Crippen LogP contribution in [0.4, 0.5) is 9.52 Å². The highest BCUT2D eigenvalue weighted by Crippen LogP contribution is 2.35. The number of aromatic nitrogens is 1. The average molecular weight is 474 g/mol. The smallest absolute Gasteiger partial charge is 0.204 e. The summed E-state index contributed by atoms with van der Waals surface area (Å²) in [6.45, 7) is 6.00. The Morgan fingerprint density at radius 1 is 1.12 bits per heavy atom. The number of ketones is 1. The molecular formula is C27H24FN3O2S. The Balaban J connectivity index is 1.60. The third-order valence-corrected chi connectivity index (χ3v) is 6.12. The Kier molecular flexibility index (Phi) is 6.56.